The molecular formula is C13H9FN2OS. The van der Waals surface area contributed by atoms with Crippen LogP contribution in [0.4, 0.5) is 4.39 Å². The minimum atomic E-state index is -0.256. The first kappa shape index (κ1) is 11.1. The van der Waals surface area contributed by atoms with Crippen LogP contribution in [0.5, 0.6) is 0 Å². The van der Waals surface area contributed by atoms with E-state index in [0.717, 1.165) is 16.0 Å². The van der Waals surface area contributed by atoms with Gasteiger partial charge in [-0.2, -0.15) is 0 Å². The number of fused-ring (bicyclic) bond motifs is 1. The third-order valence-electron chi connectivity index (χ3n) is 2.77. The third-order valence-corrected chi connectivity index (χ3v) is 3.93. The highest BCUT2D eigenvalue weighted by Crippen LogP contribution is 2.32. The molecule has 1 aromatic carbocycles. The van der Waals surface area contributed by atoms with Gasteiger partial charge in [-0.15, -0.1) is 11.3 Å². The zero-order valence-corrected chi connectivity index (χ0v) is 10.3. The van der Waals surface area contributed by atoms with Gasteiger partial charge in [0.25, 0.3) is 5.56 Å². The molecule has 90 valence electrons. The summed E-state index contributed by atoms with van der Waals surface area (Å²) in [5.74, 6) is -0.256. The zero-order valence-electron chi connectivity index (χ0n) is 9.53. The largest absolute Gasteiger partial charge is 0.312 e. The van der Waals surface area contributed by atoms with Crippen molar-refractivity contribution in [2.24, 2.45) is 0 Å². The van der Waals surface area contributed by atoms with E-state index < -0.39 is 0 Å². The Morgan fingerprint density at radius 2 is 2.17 bits per heavy atom. The van der Waals surface area contributed by atoms with E-state index in [9.17, 15) is 9.18 Å². The predicted octanol–water partition coefficient (Wildman–Crippen LogP) is 3.10. The Morgan fingerprint density at radius 1 is 1.33 bits per heavy atom. The number of aromatic amines is 1. The van der Waals surface area contributed by atoms with Gasteiger partial charge in [-0.05, 0) is 36.2 Å². The second-order valence-electron chi connectivity index (χ2n) is 4.02. The van der Waals surface area contributed by atoms with Gasteiger partial charge in [0.05, 0.1) is 11.8 Å². The van der Waals surface area contributed by atoms with Crippen LogP contribution in [0.1, 0.15) is 5.56 Å². The molecule has 0 aliphatic rings. The highest BCUT2D eigenvalue weighted by molar-refractivity contribution is 7.22. The Balaban J connectivity index is 2.26. The number of rotatable bonds is 1. The number of halogens is 1. The summed E-state index contributed by atoms with van der Waals surface area (Å²) < 4.78 is 13.7. The first-order chi connectivity index (χ1) is 8.65. The lowest BCUT2D eigenvalue weighted by Crippen LogP contribution is -2.02. The standard InChI is InChI=1S/C13H9FN2OS/c1-7-4-8(14)2-3-9(7)11-5-10-12(18-11)13(17)16-6-15-10/h2-6H,1H3,(H,15,16,17). The summed E-state index contributed by atoms with van der Waals surface area (Å²) in [7, 11) is 0. The smallest absolute Gasteiger partial charge is 0.268 e. The van der Waals surface area contributed by atoms with Gasteiger partial charge in [-0.25, -0.2) is 9.37 Å². The van der Waals surface area contributed by atoms with Crippen molar-refractivity contribution < 1.29 is 4.39 Å². The fraction of sp³-hybridized carbons (Fsp3) is 0.0769. The second kappa shape index (κ2) is 4.03. The van der Waals surface area contributed by atoms with Gasteiger partial charge in [0.2, 0.25) is 0 Å². The molecule has 18 heavy (non-hydrogen) atoms. The zero-order chi connectivity index (χ0) is 12.7. The van der Waals surface area contributed by atoms with Crippen molar-refractivity contribution in [2.45, 2.75) is 6.92 Å². The van der Waals surface area contributed by atoms with Gasteiger partial charge in [0.15, 0.2) is 0 Å². The number of nitrogens with zero attached hydrogens (tertiary/aromatic N) is 1. The lowest BCUT2D eigenvalue weighted by molar-refractivity contribution is 0.627. The minimum absolute atomic E-state index is 0.143. The van der Waals surface area contributed by atoms with Crippen LogP contribution >= 0.6 is 11.3 Å². The number of nitrogens with one attached hydrogen (secondary N) is 1. The monoisotopic (exact) mass is 260 g/mol. The van der Waals surface area contributed by atoms with Crippen LogP contribution in [-0.2, 0) is 0 Å². The molecular weight excluding hydrogens is 251 g/mol. The molecule has 0 spiro atoms. The van der Waals surface area contributed by atoms with Crippen molar-refractivity contribution in [3.8, 4) is 10.4 Å². The summed E-state index contributed by atoms with van der Waals surface area (Å²) in [4.78, 5) is 19.2. The third kappa shape index (κ3) is 1.73. The van der Waals surface area contributed by atoms with Crippen molar-refractivity contribution >= 4 is 21.6 Å². The number of hydrogen-bond donors (Lipinski definition) is 1. The van der Waals surface area contributed by atoms with Crippen molar-refractivity contribution in [2.75, 3.05) is 0 Å². The van der Waals surface area contributed by atoms with Crippen LogP contribution in [-0.4, -0.2) is 9.97 Å². The average Bonchev–Trinajstić information content (AvgIpc) is 2.74. The molecule has 0 radical (unpaired) electrons. The molecule has 3 rings (SSSR count). The average molecular weight is 260 g/mol. The Labute approximate surface area is 106 Å². The number of aromatic nitrogens is 2. The molecule has 0 aliphatic carbocycles. The van der Waals surface area contributed by atoms with Gasteiger partial charge < -0.3 is 4.98 Å². The van der Waals surface area contributed by atoms with Gasteiger partial charge in [-0.1, -0.05) is 6.07 Å². The van der Waals surface area contributed by atoms with Crippen molar-refractivity contribution in [1.29, 1.82) is 0 Å². The normalized spacial score (nSPS) is 11.0. The summed E-state index contributed by atoms with van der Waals surface area (Å²) in [6, 6.07) is 6.49. The molecule has 0 bridgehead atoms. The summed E-state index contributed by atoms with van der Waals surface area (Å²) in [6.45, 7) is 1.85. The fourth-order valence-electron chi connectivity index (χ4n) is 1.90. The number of benzene rings is 1. The molecule has 0 amide bonds. The maximum Gasteiger partial charge on any atom is 0.268 e. The molecule has 0 atom stereocenters. The Bertz CT molecular complexity index is 791. The first-order valence-electron chi connectivity index (χ1n) is 5.39. The van der Waals surface area contributed by atoms with E-state index in [1.807, 2.05) is 13.0 Å². The van der Waals surface area contributed by atoms with Crippen LogP contribution in [0.3, 0.4) is 0 Å². The summed E-state index contributed by atoms with van der Waals surface area (Å²) in [5.41, 5.74) is 2.30. The van der Waals surface area contributed by atoms with E-state index in [4.69, 9.17) is 0 Å². The van der Waals surface area contributed by atoms with Gasteiger partial charge in [0, 0.05) is 4.88 Å². The Kier molecular flexibility index (Phi) is 2.48. The molecule has 0 saturated heterocycles. The quantitative estimate of drug-likeness (QED) is 0.730. The second-order valence-corrected chi connectivity index (χ2v) is 5.07. The maximum absolute atomic E-state index is 13.1. The molecule has 0 saturated carbocycles. The van der Waals surface area contributed by atoms with Crippen LogP contribution in [0, 0.1) is 12.7 Å². The van der Waals surface area contributed by atoms with Gasteiger partial charge >= 0.3 is 0 Å². The van der Waals surface area contributed by atoms with Gasteiger partial charge in [0.1, 0.15) is 10.5 Å². The van der Waals surface area contributed by atoms with Gasteiger partial charge in [-0.3, -0.25) is 4.79 Å². The topological polar surface area (TPSA) is 45.8 Å². The van der Waals surface area contributed by atoms with Crippen LogP contribution in [0.15, 0.2) is 35.4 Å². The Morgan fingerprint density at radius 3 is 2.89 bits per heavy atom. The van der Waals surface area contributed by atoms with Crippen molar-refractivity contribution in [3.63, 3.8) is 0 Å². The van der Waals surface area contributed by atoms with Crippen LogP contribution < -0.4 is 5.56 Å². The van der Waals surface area contributed by atoms with Crippen LogP contribution in [0.2, 0.25) is 0 Å². The number of aryl methyl sites for hydroxylation is 1. The molecule has 3 aromatic rings. The lowest BCUT2D eigenvalue weighted by Gasteiger charge is -2.01. The van der Waals surface area contributed by atoms with Crippen LogP contribution in [0.25, 0.3) is 20.7 Å². The van der Waals surface area contributed by atoms with E-state index in [1.165, 1.54) is 29.8 Å². The maximum atomic E-state index is 13.1. The van der Waals surface area contributed by atoms with E-state index in [0.29, 0.717) is 10.2 Å². The first-order valence-corrected chi connectivity index (χ1v) is 6.20. The van der Waals surface area contributed by atoms with E-state index in [-0.39, 0.29) is 11.4 Å². The summed E-state index contributed by atoms with van der Waals surface area (Å²) >= 11 is 1.37. The molecule has 0 fully saturated rings. The highest BCUT2D eigenvalue weighted by Gasteiger charge is 2.10. The van der Waals surface area contributed by atoms with E-state index in [1.54, 1.807) is 6.07 Å². The molecule has 0 unspecified atom stereocenters. The number of H-pyrrole nitrogens is 1. The molecule has 2 aromatic heterocycles. The highest BCUT2D eigenvalue weighted by atomic mass is 32.1. The molecule has 0 aliphatic heterocycles. The molecule has 5 heteroatoms. The molecule has 1 N–H and O–H groups in total. The fourth-order valence-corrected chi connectivity index (χ4v) is 3.00. The summed E-state index contributed by atoms with van der Waals surface area (Å²) in [5, 5.41) is 0. The Hall–Kier alpha value is -2.01. The molecule has 3 nitrogen and oxygen atoms in total. The van der Waals surface area contributed by atoms with Crippen molar-refractivity contribution in [3.05, 3.63) is 52.3 Å². The minimum Gasteiger partial charge on any atom is -0.312 e. The predicted molar refractivity (Wildman–Crippen MR) is 70.4 cm³/mol. The number of hydrogen-bond acceptors (Lipinski definition) is 3. The van der Waals surface area contributed by atoms with E-state index >= 15 is 0 Å². The summed E-state index contributed by atoms with van der Waals surface area (Å²) in [6.07, 6.45) is 1.39. The lowest BCUT2D eigenvalue weighted by atomic mass is 10.1. The number of thiophene rings is 1. The SMILES string of the molecule is Cc1cc(F)ccc1-c1cc2nc[nH]c(=O)c2s1. The van der Waals surface area contributed by atoms with E-state index in [2.05, 4.69) is 9.97 Å². The molecule has 2 heterocycles. The van der Waals surface area contributed by atoms with Crippen molar-refractivity contribution in [1.82, 2.24) is 9.97 Å².